The number of carboxylic acid groups (broad SMARTS) is 1. The highest BCUT2D eigenvalue weighted by Crippen LogP contribution is 2.22. The molecule has 0 aliphatic carbocycles. The number of rotatable bonds is 4. The van der Waals surface area contributed by atoms with Gasteiger partial charge in [0.15, 0.2) is 0 Å². The van der Waals surface area contributed by atoms with E-state index in [-0.39, 0.29) is 6.04 Å². The molecule has 1 fully saturated rings. The maximum absolute atomic E-state index is 11.0. The van der Waals surface area contributed by atoms with Crippen LogP contribution in [0.1, 0.15) is 25.7 Å². The lowest BCUT2D eigenvalue weighted by atomic mass is 9.97. The number of carbonyl (C=O) groups is 1. The molecule has 1 aliphatic heterocycles. The molecule has 0 bridgehead atoms. The summed E-state index contributed by atoms with van der Waals surface area (Å²) in [6.45, 7) is 5.06. The molecule has 1 atom stereocenters. The molecule has 0 unspecified atom stereocenters. The van der Waals surface area contributed by atoms with Gasteiger partial charge in [0.25, 0.3) is 0 Å². The summed E-state index contributed by atoms with van der Waals surface area (Å²) in [5.41, 5.74) is 0.968. The van der Waals surface area contributed by atoms with E-state index in [4.69, 9.17) is 9.84 Å². The van der Waals surface area contributed by atoms with Gasteiger partial charge in [-0.25, -0.2) is 4.79 Å². The van der Waals surface area contributed by atoms with Crippen molar-refractivity contribution < 1.29 is 14.6 Å². The fourth-order valence-corrected chi connectivity index (χ4v) is 2.06. The third-order valence-corrected chi connectivity index (χ3v) is 2.75. The number of hydrogen-bond donors (Lipinski definition) is 1. The van der Waals surface area contributed by atoms with E-state index in [2.05, 4.69) is 6.58 Å². The number of nitrogens with zero attached hydrogens (tertiary/aromatic N) is 1. The summed E-state index contributed by atoms with van der Waals surface area (Å²) >= 11 is 0. The second-order valence-corrected chi connectivity index (χ2v) is 4.01. The van der Waals surface area contributed by atoms with Crippen LogP contribution in [0.4, 0.5) is 4.79 Å². The monoisotopic (exact) mass is 213 g/mol. The Balaban J connectivity index is 2.49. The summed E-state index contributed by atoms with van der Waals surface area (Å²) in [6, 6.07) is 0.0962. The average molecular weight is 213 g/mol. The molecule has 1 aliphatic rings. The molecule has 1 N–H and O–H groups in total. The van der Waals surface area contributed by atoms with Gasteiger partial charge in [-0.1, -0.05) is 6.58 Å². The van der Waals surface area contributed by atoms with Gasteiger partial charge >= 0.3 is 6.09 Å². The second kappa shape index (κ2) is 5.75. The number of ether oxygens (including phenoxy) is 1. The summed E-state index contributed by atoms with van der Waals surface area (Å²) in [4.78, 5) is 12.5. The molecule has 4 nitrogen and oxygen atoms in total. The Kier molecular flexibility index (Phi) is 4.62. The molecular formula is C11H19NO3. The van der Waals surface area contributed by atoms with Crippen LogP contribution in [0.3, 0.4) is 0 Å². The largest absolute Gasteiger partial charge is 0.465 e. The normalized spacial score (nSPS) is 21.4. The van der Waals surface area contributed by atoms with Crippen LogP contribution in [0.25, 0.3) is 0 Å². The third kappa shape index (κ3) is 3.55. The number of piperidine rings is 1. The molecular weight excluding hydrogens is 194 g/mol. The van der Waals surface area contributed by atoms with E-state index in [0.717, 1.165) is 31.3 Å². The van der Waals surface area contributed by atoms with Crippen LogP contribution in [-0.2, 0) is 4.74 Å². The number of likely N-dealkylation sites (tertiary alicyclic amines) is 1. The van der Waals surface area contributed by atoms with Crippen LogP contribution in [0.2, 0.25) is 0 Å². The minimum atomic E-state index is -0.815. The molecule has 86 valence electrons. The van der Waals surface area contributed by atoms with E-state index < -0.39 is 6.09 Å². The van der Waals surface area contributed by atoms with Gasteiger partial charge in [-0.05, 0) is 31.3 Å². The van der Waals surface area contributed by atoms with E-state index in [9.17, 15) is 4.79 Å². The van der Waals surface area contributed by atoms with Crippen molar-refractivity contribution in [3.05, 3.63) is 12.2 Å². The molecule has 4 heteroatoms. The van der Waals surface area contributed by atoms with Gasteiger partial charge in [0.05, 0.1) is 6.61 Å². The molecule has 0 aromatic carbocycles. The first-order valence-corrected chi connectivity index (χ1v) is 5.30. The molecule has 1 rings (SSSR count). The molecule has 1 heterocycles. The highest BCUT2D eigenvalue weighted by atomic mass is 16.5. The first-order valence-electron chi connectivity index (χ1n) is 5.30. The van der Waals surface area contributed by atoms with Crippen LogP contribution < -0.4 is 0 Å². The van der Waals surface area contributed by atoms with Crippen LogP contribution in [0, 0.1) is 0 Å². The Morgan fingerprint density at radius 2 is 2.33 bits per heavy atom. The smallest absolute Gasteiger partial charge is 0.407 e. The van der Waals surface area contributed by atoms with Gasteiger partial charge in [0.1, 0.15) is 0 Å². The predicted octanol–water partition coefficient (Wildman–Crippen LogP) is 2.11. The molecule has 0 radical (unpaired) electrons. The third-order valence-electron chi connectivity index (χ3n) is 2.75. The Bertz CT molecular complexity index is 240. The maximum Gasteiger partial charge on any atom is 0.407 e. The first-order chi connectivity index (χ1) is 7.15. The van der Waals surface area contributed by atoms with Gasteiger partial charge < -0.3 is 14.7 Å². The average Bonchev–Trinajstić information content (AvgIpc) is 2.18. The van der Waals surface area contributed by atoms with Crippen molar-refractivity contribution in [2.75, 3.05) is 20.3 Å². The topological polar surface area (TPSA) is 49.8 Å². The zero-order valence-electron chi connectivity index (χ0n) is 9.24. The molecule has 0 aromatic heterocycles. The summed E-state index contributed by atoms with van der Waals surface area (Å²) < 4.78 is 4.98. The van der Waals surface area contributed by atoms with Crippen molar-refractivity contribution in [2.45, 2.75) is 31.7 Å². The number of methoxy groups -OCH3 is 1. The predicted molar refractivity (Wildman–Crippen MR) is 58.0 cm³/mol. The highest BCUT2D eigenvalue weighted by molar-refractivity contribution is 5.65. The fraction of sp³-hybridized carbons (Fsp3) is 0.727. The molecule has 15 heavy (non-hydrogen) atoms. The van der Waals surface area contributed by atoms with Crippen molar-refractivity contribution in [3.63, 3.8) is 0 Å². The number of amides is 1. The van der Waals surface area contributed by atoms with E-state index in [1.807, 2.05) is 0 Å². The van der Waals surface area contributed by atoms with Crippen LogP contribution in [-0.4, -0.2) is 42.4 Å². The van der Waals surface area contributed by atoms with Crippen molar-refractivity contribution in [1.82, 2.24) is 4.90 Å². The second-order valence-electron chi connectivity index (χ2n) is 4.01. The lowest BCUT2D eigenvalue weighted by Crippen LogP contribution is -2.43. The quantitative estimate of drug-likeness (QED) is 0.728. The van der Waals surface area contributed by atoms with Crippen LogP contribution in [0.15, 0.2) is 12.2 Å². The van der Waals surface area contributed by atoms with Crippen LogP contribution in [0.5, 0.6) is 0 Å². The van der Waals surface area contributed by atoms with Crippen molar-refractivity contribution >= 4 is 6.09 Å². The number of hydrogen-bond acceptors (Lipinski definition) is 2. The van der Waals surface area contributed by atoms with Gasteiger partial charge in [0, 0.05) is 19.7 Å². The standard InChI is InChI=1S/C11H19NO3/c1-9(8-15-2)7-10-5-3-4-6-12(10)11(13)14/h10H,1,3-8H2,2H3,(H,13,14)/t10-/m0/s1. The van der Waals surface area contributed by atoms with Gasteiger partial charge in [-0.2, -0.15) is 0 Å². The molecule has 1 saturated heterocycles. The van der Waals surface area contributed by atoms with Gasteiger partial charge in [0.2, 0.25) is 0 Å². The summed E-state index contributed by atoms with van der Waals surface area (Å²) in [6.07, 6.45) is 2.92. The van der Waals surface area contributed by atoms with E-state index in [0.29, 0.717) is 13.2 Å². The van der Waals surface area contributed by atoms with E-state index >= 15 is 0 Å². The Morgan fingerprint density at radius 3 is 2.93 bits per heavy atom. The van der Waals surface area contributed by atoms with Gasteiger partial charge in [-0.15, -0.1) is 0 Å². The summed E-state index contributed by atoms with van der Waals surface area (Å²) in [5.74, 6) is 0. The molecule has 0 spiro atoms. The minimum Gasteiger partial charge on any atom is -0.465 e. The van der Waals surface area contributed by atoms with E-state index in [1.165, 1.54) is 4.90 Å². The molecule has 0 saturated carbocycles. The molecule has 1 amide bonds. The lowest BCUT2D eigenvalue weighted by Gasteiger charge is -2.33. The van der Waals surface area contributed by atoms with Crippen molar-refractivity contribution in [3.8, 4) is 0 Å². The summed E-state index contributed by atoms with van der Waals surface area (Å²) in [5, 5.41) is 9.02. The highest BCUT2D eigenvalue weighted by Gasteiger charge is 2.26. The molecule has 0 aromatic rings. The van der Waals surface area contributed by atoms with E-state index in [1.54, 1.807) is 7.11 Å². The SMILES string of the molecule is C=C(COC)C[C@@H]1CCCCN1C(=O)O. The Hall–Kier alpha value is -1.03. The lowest BCUT2D eigenvalue weighted by molar-refractivity contribution is 0.104. The summed E-state index contributed by atoms with van der Waals surface area (Å²) in [7, 11) is 1.63. The van der Waals surface area contributed by atoms with Crippen molar-refractivity contribution in [2.24, 2.45) is 0 Å². The minimum absolute atomic E-state index is 0.0962. The fourth-order valence-electron chi connectivity index (χ4n) is 2.06. The Morgan fingerprint density at radius 1 is 1.60 bits per heavy atom. The first kappa shape index (κ1) is 12.0. The zero-order chi connectivity index (χ0) is 11.3. The Labute approximate surface area is 90.5 Å². The van der Waals surface area contributed by atoms with Gasteiger partial charge in [-0.3, -0.25) is 0 Å². The van der Waals surface area contributed by atoms with Crippen LogP contribution >= 0.6 is 0 Å². The maximum atomic E-state index is 11.0. The zero-order valence-corrected chi connectivity index (χ0v) is 9.24. The van der Waals surface area contributed by atoms with Crippen molar-refractivity contribution in [1.29, 1.82) is 0 Å².